The number of rotatable bonds is 6. The third-order valence-electron chi connectivity index (χ3n) is 4.50. The summed E-state index contributed by atoms with van der Waals surface area (Å²) in [5.74, 6) is 0.738. The van der Waals surface area contributed by atoms with Gasteiger partial charge in [0.15, 0.2) is 9.84 Å². The fraction of sp³-hybridized carbons (Fsp3) is 0.353. The predicted molar refractivity (Wildman–Crippen MR) is 105 cm³/mol. The summed E-state index contributed by atoms with van der Waals surface area (Å²) in [6.45, 7) is 2.69. The minimum Gasteiger partial charge on any atom is -0.386 e. The van der Waals surface area contributed by atoms with Gasteiger partial charge in [-0.15, -0.1) is 0 Å². The van der Waals surface area contributed by atoms with E-state index in [0.29, 0.717) is 36.6 Å². The van der Waals surface area contributed by atoms with Crippen molar-refractivity contribution >= 4 is 45.0 Å². The molecule has 144 valence electrons. The second-order valence-corrected chi connectivity index (χ2v) is 8.94. The third kappa shape index (κ3) is 4.05. The molecule has 0 atom stereocenters. The minimum atomic E-state index is -3.35. The van der Waals surface area contributed by atoms with Gasteiger partial charge in [-0.05, 0) is 36.2 Å². The van der Waals surface area contributed by atoms with Crippen molar-refractivity contribution in [3.63, 3.8) is 0 Å². The van der Waals surface area contributed by atoms with Crippen molar-refractivity contribution in [1.82, 2.24) is 9.97 Å². The van der Waals surface area contributed by atoms with Crippen LogP contribution < -0.4 is 10.2 Å². The second-order valence-electron chi connectivity index (χ2n) is 6.58. The van der Waals surface area contributed by atoms with Crippen LogP contribution in [0, 0.1) is 5.41 Å². The molecule has 10 heteroatoms. The van der Waals surface area contributed by atoms with Crippen LogP contribution in [0.5, 0.6) is 0 Å². The number of β-amino-alcohol motifs (C(OH)–C–C–N with tert-alkyl or cyclic N) is 1. The Morgan fingerprint density at radius 3 is 2.70 bits per heavy atom. The average Bonchev–Trinajstić information content (AvgIpc) is 2.58. The number of sulfone groups is 1. The van der Waals surface area contributed by atoms with Crippen molar-refractivity contribution in [2.45, 2.75) is 23.8 Å². The van der Waals surface area contributed by atoms with Crippen LogP contribution >= 0.6 is 11.6 Å². The summed E-state index contributed by atoms with van der Waals surface area (Å²) in [4.78, 5) is 10.3. The Kier molecular flexibility index (Phi) is 5.11. The molecule has 0 unspecified atom stereocenters. The number of aliphatic hydroxyl groups is 1. The van der Waals surface area contributed by atoms with Crippen molar-refractivity contribution in [3.05, 3.63) is 35.1 Å². The lowest BCUT2D eigenvalue weighted by atomic mass is 9.91. The molecule has 1 fully saturated rings. The lowest BCUT2D eigenvalue weighted by Gasteiger charge is -2.47. The molecule has 2 aromatic rings. The van der Waals surface area contributed by atoms with Crippen LogP contribution in [0.1, 0.15) is 18.9 Å². The zero-order valence-corrected chi connectivity index (χ0v) is 16.5. The Hall–Kier alpha value is -2.23. The van der Waals surface area contributed by atoms with Gasteiger partial charge in [0.2, 0.25) is 5.28 Å². The Labute approximate surface area is 162 Å². The highest BCUT2D eigenvalue weighted by Gasteiger charge is 2.41. The van der Waals surface area contributed by atoms with Crippen LogP contribution in [-0.2, 0) is 9.84 Å². The first kappa shape index (κ1) is 19.5. The van der Waals surface area contributed by atoms with Crippen LogP contribution in [0.15, 0.2) is 29.2 Å². The molecule has 1 aliphatic heterocycles. The molecule has 8 nitrogen and oxygen atoms in total. The molecular weight excluding hydrogens is 390 g/mol. The summed E-state index contributed by atoms with van der Waals surface area (Å²) in [6.07, 6.45) is 2.86. The fourth-order valence-electron chi connectivity index (χ4n) is 2.88. The lowest BCUT2D eigenvalue weighted by Crippen LogP contribution is -2.62. The molecule has 1 saturated heterocycles. The fourth-order valence-corrected chi connectivity index (χ4v) is 3.71. The molecule has 1 aromatic heterocycles. The number of nitrogens with zero attached hydrogens (tertiary/aromatic N) is 3. The molecule has 3 rings (SSSR count). The number of hydrogen-bond acceptors (Lipinski definition) is 8. The van der Waals surface area contributed by atoms with E-state index >= 15 is 0 Å². The largest absolute Gasteiger partial charge is 0.386 e. The molecule has 3 N–H and O–H groups in total. The lowest BCUT2D eigenvalue weighted by molar-refractivity contribution is 0.00804. The van der Waals surface area contributed by atoms with Crippen LogP contribution in [0.2, 0.25) is 5.28 Å². The molecule has 0 amide bonds. The highest BCUT2D eigenvalue weighted by atomic mass is 35.5. The Morgan fingerprint density at radius 1 is 1.41 bits per heavy atom. The van der Waals surface area contributed by atoms with E-state index in [0.717, 1.165) is 12.5 Å². The Balaban J connectivity index is 1.96. The van der Waals surface area contributed by atoms with Gasteiger partial charge in [0.25, 0.3) is 0 Å². The number of nitrogens with one attached hydrogen (secondary N) is 2. The molecule has 1 aliphatic rings. The Morgan fingerprint density at radius 2 is 2.11 bits per heavy atom. The van der Waals surface area contributed by atoms with Gasteiger partial charge in [0.05, 0.1) is 16.1 Å². The molecule has 1 aromatic carbocycles. The zero-order valence-electron chi connectivity index (χ0n) is 14.9. The van der Waals surface area contributed by atoms with Crippen molar-refractivity contribution in [2.75, 3.05) is 29.6 Å². The van der Waals surface area contributed by atoms with Gasteiger partial charge in [0.1, 0.15) is 11.6 Å². The Bertz CT molecular complexity index is 990. The van der Waals surface area contributed by atoms with Crippen molar-refractivity contribution in [2.24, 2.45) is 0 Å². The maximum Gasteiger partial charge on any atom is 0.226 e. The highest BCUT2D eigenvalue weighted by molar-refractivity contribution is 7.90. The SMILES string of the molecule is CCC1(O)CN(c2nc(Cl)nc(Nc3cccc(S(C)(=O)=O)c3)c2C=N)C1. The standard InChI is InChI=1S/C17H20ClN5O3S/c1-3-17(24)9-23(10-17)15-13(8-19)14(21-16(18)22-15)20-11-5-4-6-12(7-11)27(2,25)26/h4-8,19,24H,3,9-10H2,1-2H3,(H,20,21,22). The van der Waals surface area contributed by atoms with E-state index in [-0.39, 0.29) is 16.0 Å². The van der Waals surface area contributed by atoms with E-state index in [9.17, 15) is 13.5 Å². The first-order chi connectivity index (χ1) is 12.6. The summed E-state index contributed by atoms with van der Waals surface area (Å²) in [6, 6.07) is 6.29. The zero-order chi connectivity index (χ0) is 19.8. The van der Waals surface area contributed by atoms with E-state index in [1.54, 1.807) is 12.1 Å². The van der Waals surface area contributed by atoms with Crippen LogP contribution in [-0.4, -0.2) is 54.7 Å². The van der Waals surface area contributed by atoms with Crippen LogP contribution in [0.3, 0.4) is 0 Å². The van der Waals surface area contributed by atoms with Crippen LogP contribution in [0.4, 0.5) is 17.3 Å². The number of benzene rings is 1. The highest BCUT2D eigenvalue weighted by Crippen LogP contribution is 2.34. The van der Waals surface area contributed by atoms with Gasteiger partial charge in [-0.2, -0.15) is 9.97 Å². The number of aromatic nitrogens is 2. The van der Waals surface area contributed by atoms with Crippen LogP contribution in [0.25, 0.3) is 0 Å². The molecule has 0 spiro atoms. The van der Waals surface area contributed by atoms with E-state index in [4.69, 9.17) is 17.0 Å². The minimum absolute atomic E-state index is 0.00990. The predicted octanol–water partition coefficient (Wildman–Crippen LogP) is 2.24. The van der Waals surface area contributed by atoms with Crippen molar-refractivity contribution in [1.29, 1.82) is 5.41 Å². The summed E-state index contributed by atoms with van der Waals surface area (Å²) < 4.78 is 23.5. The van der Waals surface area contributed by atoms with Gasteiger partial charge in [0, 0.05) is 31.2 Å². The first-order valence-corrected chi connectivity index (χ1v) is 10.5. The number of hydrogen-bond donors (Lipinski definition) is 3. The molecule has 0 aliphatic carbocycles. The van der Waals surface area contributed by atoms with Crippen molar-refractivity contribution in [3.8, 4) is 0 Å². The summed E-state index contributed by atoms with van der Waals surface area (Å²) in [7, 11) is -3.35. The molecular formula is C17H20ClN5O3S. The summed E-state index contributed by atoms with van der Waals surface area (Å²) in [5.41, 5.74) is 0.131. The van der Waals surface area contributed by atoms with E-state index in [2.05, 4.69) is 15.3 Å². The number of halogens is 1. The van der Waals surface area contributed by atoms with Gasteiger partial charge in [-0.3, -0.25) is 0 Å². The van der Waals surface area contributed by atoms with Gasteiger partial charge in [-0.25, -0.2) is 8.42 Å². The topological polar surface area (TPSA) is 119 Å². The summed E-state index contributed by atoms with van der Waals surface area (Å²) in [5, 5.41) is 21.0. The average molecular weight is 410 g/mol. The molecule has 0 bridgehead atoms. The van der Waals surface area contributed by atoms with E-state index in [1.165, 1.54) is 12.1 Å². The molecule has 27 heavy (non-hydrogen) atoms. The smallest absolute Gasteiger partial charge is 0.226 e. The van der Waals surface area contributed by atoms with E-state index in [1.807, 2.05) is 11.8 Å². The van der Waals surface area contributed by atoms with E-state index < -0.39 is 15.4 Å². The normalized spacial score (nSPS) is 15.9. The summed E-state index contributed by atoms with van der Waals surface area (Å²) >= 11 is 6.06. The quantitative estimate of drug-likeness (QED) is 0.494. The molecule has 2 heterocycles. The van der Waals surface area contributed by atoms with Crippen molar-refractivity contribution < 1.29 is 13.5 Å². The molecule has 0 radical (unpaired) electrons. The second kappa shape index (κ2) is 7.06. The van der Waals surface area contributed by atoms with Gasteiger partial charge >= 0.3 is 0 Å². The maximum absolute atomic E-state index is 11.8. The number of anilines is 3. The van der Waals surface area contributed by atoms with Gasteiger partial charge < -0.3 is 20.7 Å². The van der Waals surface area contributed by atoms with Gasteiger partial charge in [-0.1, -0.05) is 13.0 Å². The molecule has 0 saturated carbocycles. The third-order valence-corrected chi connectivity index (χ3v) is 5.77. The first-order valence-electron chi connectivity index (χ1n) is 8.28. The monoisotopic (exact) mass is 409 g/mol. The maximum atomic E-state index is 11.8.